The highest BCUT2D eigenvalue weighted by Gasteiger charge is 2.10. The molecule has 0 aliphatic carbocycles. The van der Waals surface area contributed by atoms with Crippen LogP contribution in [0.3, 0.4) is 0 Å². The molecule has 0 atom stereocenters. The molecule has 5 rings (SSSR count). The summed E-state index contributed by atoms with van der Waals surface area (Å²) in [5, 5.41) is 4.58. The lowest BCUT2D eigenvalue weighted by Crippen LogP contribution is -1.98. The molecule has 3 heterocycles. The molecular weight excluding hydrogens is 471 g/mol. The van der Waals surface area contributed by atoms with E-state index in [1.807, 2.05) is 30.3 Å². The number of nitrogens with one attached hydrogen (secondary N) is 1. The van der Waals surface area contributed by atoms with E-state index in [1.54, 1.807) is 30.5 Å². The van der Waals surface area contributed by atoms with Gasteiger partial charge in [0.05, 0.1) is 15.3 Å². The van der Waals surface area contributed by atoms with Gasteiger partial charge in [0.1, 0.15) is 40.8 Å². The fourth-order valence-electron chi connectivity index (χ4n) is 3.20. The Kier molecular flexibility index (Phi) is 6.34. The van der Waals surface area contributed by atoms with Crippen LogP contribution in [0.1, 0.15) is 16.1 Å². The van der Waals surface area contributed by atoms with E-state index in [9.17, 15) is 4.39 Å². The maximum Gasteiger partial charge on any atom is 0.142 e. The minimum absolute atomic E-state index is 0.216. The summed E-state index contributed by atoms with van der Waals surface area (Å²) in [4.78, 5) is 14.7. The van der Waals surface area contributed by atoms with Crippen molar-refractivity contribution in [1.82, 2.24) is 15.0 Å². The van der Waals surface area contributed by atoms with E-state index in [0.29, 0.717) is 22.3 Å². The van der Waals surface area contributed by atoms with E-state index in [-0.39, 0.29) is 12.4 Å². The number of nitrogens with zero attached hydrogens (tertiary/aromatic N) is 3. The van der Waals surface area contributed by atoms with Gasteiger partial charge in [-0.1, -0.05) is 29.8 Å². The Hall–Kier alpha value is -3.99. The van der Waals surface area contributed by atoms with Gasteiger partial charge in [-0.3, -0.25) is 0 Å². The van der Waals surface area contributed by atoms with Crippen molar-refractivity contribution in [1.29, 1.82) is 0 Å². The topological polar surface area (TPSA) is 59.9 Å². The van der Waals surface area contributed by atoms with Crippen molar-refractivity contribution < 1.29 is 9.13 Å². The number of benzene rings is 2. The van der Waals surface area contributed by atoms with Crippen LogP contribution in [-0.2, 0) is 6.61 Å². The summed E-state index contributed by atoms with van der Waals surface area (Å²) in [7, 11) is 0. The molecule has 8 heteroatoms. The summed E-state index contributed by atoms with van der Waals surface area (Å²) in [6.45, 7) is 0.216. The average Bonchev–Trinajstić information content (AvgIpc) is 3.27. The smallest absolute Gasteiger partial charge is 0.142 e. The Bertz CT molecular complexity index is 1530. The lowest BCUT2D eigenvalue weighted by molar-refractivity contribution is 0.306. The molecule has 1 N–H and O–H groups in total. The molecule has 0 saturated heterocycles. The van der Waals surface area contributed by atoms with E-state index >= 15 is 0 Å². The Morgan fingerprint density at radius 3 is 2.74 bits per heavy atom. The second-order valence-electron chi connectivity index (χ2n) is 7.21. The van der Waals surface area contributed by atoms with Crippen molar-refractivity contribution in [2.75, 3.05) is 5.32 Å². The van der Waals surface area contributed by atoms with Crippen LogP contribution in [-0.4, -0.2) is 15.0 Å². The maximum absolute atomic E-state index is 13.4. The largest absolute Gasteiger partial charge is 0.487 e. The third-order valence-electron chi connectivity index (χ3n) is 4.79. The Labute approximate surface area is 204 Å². The van der Waals surface area contributed by atoms with Crippen molar-refractivity contribution in [3.63, 3.8) is 0 Å². The number of hydrogen-bond donors (Lipinski definition) is 1. The quantitative estimate of drug-likeness (QED) is 0.283. The molecule has 0 fully saturated rings. The van der Waals surface area contributed by atoms with E-state index in [1.165, 1.54) is 29.8 Å². The number of rotatable bonds is 5. The first-order valence-electron chi connectivity index (χ1n) is 10.3. The van der Waals surface area contributed by atoms with Gasteiger partial charge in [0, 0.05) is 11.9 Å². The molecule has 0 saturated carbocycles. The van der Waals surface area contributed by atoms with E-state index < -0.39 is 0 Å². The van der Waals surface area contributed by atoms with Crippen molar-refractivity contribution in [3.05, 3.63) is 106 Å². The Balaban J connectivity index is 1.33. The van der Waals surface area contributed by atoms with Crippen LogP contribution in [0.25, 0.3) is 10.2 Å². The fraction of sp³-hybridized carbons (Fsp3) is 0.0385. The van der Waals surface area contributed by atoms with E-state index in [4.69, 9.17) is 16.3 Å². The van der Waals surface area contributed by atoms with Gasteiger partial charge in [0.25, 0.3) is 0 Å². The van der Waals surface area contributed by atoms with Gasteiger partial charge in [0.15, 0.2) is 0 Å². The zero-order valence-electron chi connectivity index (χ0n) is 17.6. The molecule has 0 aliphatic rings. The molecule has 0 bridgehead atoms. The molecule has 2 aromatic carbocycles. The summed E-state index contributed by atoms with van der Waals surface area (Å²) < 4.78 is 19.1. The first kappa shape index (κ1) is 21.8. The first-order valence-corrected chi connectivity index (χ1v) is 11.4. The zero-order valence-corrected chi connectivity index (χ0v) is 19.2. The van der Waals surface area contributed by atoms with Gasteiger partial charge >= 0.3 is 0 Å². The maximum atomic E-state index is 13.4. The van der Waals surface area contributed by atoms with E-state index in [2.05, 4.69) is 32.1 Å². The van der Waals surface area contributed by atoms with Gasteiger partial charge in [-0.05, 0) is 65.9 Å². The van der Waals surface area contributed by atoms with Gasteiger partial charge in [-0.15, -0.1) is 11.3 Å². The van der Waals surface area contributed by atoms with Crippen LogP contribution in [0, 0.1) is 17.7 Å². The van der Waals surface area contributed by atoms with Crippen LogP contribution >= 0.6 is 22.9 Å². The van der Waals surface area contributed by atoms with Gasteiger partial charge in [-0.25, -0.2) is 19.3 Å². The highest BCUT2D eigenvalue weighted by molar-refractivity contribution is 7.19. The lowest BCUT2D eigenvalue weighted by Gasteiger charge is -2.11. The number of hydrogen-bond acceptors (Lipinski definition) is 6. The lowest BCUT2D eigenvalue weighted by atomic mass is 10.2. The molecule has 5 aromatic rings. The molecule has 0 aliphatic heterocycles. The molecule has 3 aromatic heterocycles. The summed E-state index contributed by atoms with van der Waals surface area (Å²) in [5.74, 6) is 7.05. The summed E-state index contributed by atoms with van der Waals surface area (Å²) in [6, 6.07) is 19.2. The summed E-state index contributed by atoms with van der Waals surface area (Å²) in [5.41, 5.74) is 2.18. The second-order valence-corrected chi connectivity index (χ2v) is 8.64. The molecule has 0 spiro atoms. The number of thiophene rings is 1. The number of aromatic nitrogens is 3. The van der Waals surface area contributed by atoms with Crippen molar-refractivity contribution in [2.24, 2.45) is 0 Å². The predicted octanol–water partition coefficient (Wildman–Crippen LogP) is 6.60. The number of ether oxygens (including phenoxy) is 1. The molecule has 0 unspecified atom stereocenters. The molecular formula is C26H16ClFN4OS. The molecule has 166 valence electrons. The predicted molar refractivity (Wildman–Crippen MR) is 133 cm³/mol. The van der Waals surface area contributed by atoms with Crippen LogP contribution in [0.15, 0.2) is 79.3 Å². The number of fused-ring (bicyclic) bond motifs is 1. The molecule has 5 nitrogen and oxygen atoms in total. The van der Waals surface area contributed by atoms with E-state index in [0.717, 1.165) is 26.3 Å². The minimum atomic E-state index is -0.304. The van der Waals surface area contributed by atoms with Crippen molar-refractivity contribution in [3.8, 4) is 17.6 Å². The SMILES string of the molecule is Fc1cccc(COc2ccc(Nc3ncnc4sc(C#Cc5ccccn5)cc34)cc2Cl)c1. The first-order chi connectivity index (χ1) is 16.6. The Morgan fingerprint density at radius 1 is 0.971 bits per heavy atom. The van der Waals surface area contributed by atoms with Gasteiger partial charge in [0.2, 0.25) is 0 Å². The van der Waals surface area contributed by atoms with Crippen molar-refractivity contribution in [2.45, 2.75) is 6.61 Å². The van der Waals surface area contributed by atoms with Crippen molar-refractivity contribution >= 4 is 44.7 Å². The molecule has 34 heavy (non-hydrogen) atoms. The second kappa shape index (κ2) is 9.87. The third kappa shape index (κ3) is 5.15. The molecule has 0 amide bonds. The van der Waals surface area contributed by atoms with Crippen LogP contribution in [0.2, 0.25) is 5.02 Å². The normalized spacial score (nSPS) is 10.5. The monoisotopic (exact) mass is 486 g/mol. The van der Waals surface area contributed by atoms with Crippen LogP contribution in [0.4, 0.5) is 15.9 Å². The number of pyridine rings is 1. The molecule has 0 radical (unpaired) electrons. The zero-order chi connectivity index (χ0) is 23.3. The number of halogens is 2. The standard InChI is InChI=1S/C26H16ClFN4OS/c27-23-13-20(8-10-24(23)33-15-17-4-3-5-18(28)12-17)32-25-22-14-21(34-26(22)31-16-30-25)9-7-19-6-1-2-11-29-19/h1-6,8,10-14,16H,15H2,(H,30,31,32). The minimum Gasteiger partial charge on any atom is -0.487 e. The third-order valence-corrected chi connectivity index (χ3v) is 6.04. The highest BCUT2D eigenvalue weighted by atomic mass is 35.5. The number of anilines is 2. The van der Waals surface area contributed by atoms with Gasteiger partial charge in [-0.2, -0.15) is 0 Å². The highest BCUT2D eigenvalue weighted by Crippen LogP contribution is 2.33. The fourth-order valence-corrected chi connectivity index (χ4v) is 4.29. The summed E-state index contributed by atoms with van der Waals surface area (Å²) >= 11 is 7.91. The Morgan fingerprint density at radius 2 is 1.91 bits per heavy atom. The average molecular weight is 487 g/mol. The summed E-state index contributed by atoms with van der Waals surface area (Å²) in [6.07, 6.45) is 3.22. The van der Waals surface area contributed by atoms with Gasteiger partial charge < -0.3 is 10.1 Å². The van der Waals surface area contributed by atoms with Crippen LogP contribution in [0.5, 0.6) is 5.75 Å². The van der Waals surface area contributed by atoms with Crippen LogP contribution < -0.4 is 10.1 Å².